The van der Waals surface area contributed by atoms with Gasteiger partial charge in [-0.1, -0.05) is 12.1 Å². The number of benzene rings is 2. The lowest BCUT2D eigenvalue weighted by Crippen LogP contribution is -2.26. The summed E-state index contributed by atoms with van der Waals surface area (Å²) in [5, 5.41) is 20.2. The van der Waals surface area contributed by atoms with Crippen LogP contribution in [0.4, 0.5) is 18.9 Å². The second-order valence-corrected chi connectivity index (χ2v) is 5.32. The second kappa shape index (κ2) is 6.80. The number of carbonyl (C=O) groups excluding carboxylic acids is 1. The maximum atomic E-state index is 12.5. The summed E-state index contributed by atoms with van der Waals surface area (Å²) in [7, 11) is 1.43. The molecule has 6 nitrogen and oxygen atoms in total. The minimum absolute atomic E-state index is 0.0255. The third-order valence-corrected chi connectivity index (χ3v) is 3.47. The Kier molecular flexibility index (Phi) is 4.96. The number of phenols is 1. The zero-order chi connectivity index (χ0) is 18.8. The van der Waals surface area contributed by atoms with Crippen molar-refractivity contribution >= 4 is 11.6 Å². The van der Waals surface area contributed by atoms with E-state index in [4.69, 9.17) is 0 Å². The van der Waals surface area contributed by atoms with Gasteiger partial charge in [0.2, 0.25) is 0 Å². The number of phenolic OH excluding ortho intramolecular Hbond substituents is 1. The quantitative estimate of drug-likeness (QED) is 0.672. The minimum Gasteiger partial charge on any atom is -0.502 e. The number of nitro benzene ring substituents is 1. The van der Waals surface area contributed by atoms with Crippen molar-refractivity contribution in [1.82, 2.24) is 4.90 Å². The molecule has 0 saturated carbocycles. The molecule has 0 bridgehead atoms. The van der Waals surface area contributed by atoms with Crippen LogP contribution in [-0.4, -0.2) is 27.9 Å². The van der Waals surface area contributed by atoms with Crippen LogP contribution in [0.3, 0.4) is 0 Å². The summed E-state index contributed by atoms with van der Waals surface area (Å²) >= 11 is 0. The van der Waals surface area contributed by atoms with Gasteiger partial charge in [0.25, 0.3) is 5.91 Å². The van der Waals surface area contributed by atoms with Crippen LogP contribution in [0.5, 0.6) is 5.75 Å². The van der Waals surface area contributed by atoms with Gasteiger partial charge in [-0.15, -0.1) is 0 Å². The first-order valence-electron chi connectivity index (χ1n) is 6.98. The fourth-order valence-electron chi connectivity index (χ4n) is 2.18. The first kappa shape index (κ1) is 18.2. The molecule has 132 valence electrons. The first-order valence-corrected chi connectivity index (χ1v) is 6.98. The third kappa shape index (κ3) is 4.25. The third-order valence-electron chi connectivity index (χ3n) is 3.47. The molecule has 0 atom stereocenters. The lowest BCUT2D eigenvalue weighted by Gasteiger charge is -2.18. The molecule has 0 fully saturated rings. The normalized spacial score (nSPS) is 11.2. The van der Waals surface area contributed by atoms with E-state index in [0.29, 0.717) is 5.56 Å². The van der Waals surface area contributed by atoms with Crippen LogP contribution >= 0.6 is 0 Å². The maximum Gasteiger partial charge on any atom is 0.416 e. The van der Waals surface area contributed by atoms with Gasteiger partial charge in [-0.3, -0.25) is 14.9 Å². The summed E-state index contributed by atoms with van der Waals surface area (Å²) in [5.41, 5.74) is -0.806. The van der Waals surface area contributed by atoms with Gasteiger partial charge in [0.1, 0.15) is 0 Å². The summed E-state index contributed by atoms with van der Waals surface area (Å²) < 4.78 is 37.6. The Labute approximate surface area is 140 Å². The summed E-state index contributed by atoms with van der Waals surface area (Å²) in [5.74, 6) is -1.18. The van der Waals surface area contributed by atoms with Crippen molar-refractivity contribution in [3.63, 3.8) is 0 Å². The highest BCUT2D eigenvalue weighted by molar-refractivity contribution is 5.94. The van der Waals surface area contributed by atoms with Crippen molar-refractivity contribution in [2.75, 3.05) is 7.05 Å². The average Bonchev–Trinajstić information content (AvgIpc) is 2.53. The Hall–Kier alpha value is -3.10. The van der Waals surface area contributed by atoms with E-state index in [1.807, 2.05) is 0 Å². The predicted molar refractivity (Wildman–Crippen MR) is 82.0 cm³/mol. The van der Waals surface area contributed by atoms with Gasteiger partial charge in [-0.05, 0) is 29.8 Å². The monoisotopic (exact) mass is 354 g/mol. The minimum atomic E-state index is -4.43. The molecular weight excluding hydrogens is 341 g/mol. The van der Waals surface area contributed by atoms with E-state index >= 15 is 0 Å². The summed E-state index contributed by atoms with van der Waals surface area (Å²) in [6.07, 6.45) is -4.43. The molecule has 1 N–H and O–H groups in total. The molecule has 0 unspecified atom stereocenters. The molecule has 25 heavy (non-hydrogen) atoms. The first-order chi connectivity index (χ1) is 11.6. The van der Waals surface area contributed by atoms with E-state index in [0.717, 1.165) is 24.3 Å². The Morgan fingerprint density at radius 3 is 2.28 bits per heavy atom. The molecule has 0 aliphatic carbocycles. The number of rotatable bonds is 4. The number of nitrogens with zero attached hydrogens (tertiary/aromatic N) is 2. The van der Waals surface area contributed by atoms with Gasteiger partial charge in [0.05, 0.1) is 10.5 Å². The van der Waals surface area contributed by atoms with E-state index < -0.39 is 34.0 Å². The van der Waals surface area contributed by atoms with E-state index in [1.54, 1.807) is 0 Å². The average molecular weight is 354 g/mol. The number of hydrogen-bond donors (Lipinski definition) is 1. The van der Waals surface area contributed by atoms with E-state index in [1.165, 1.54) is 30.1 Å². The van der Waals surface area contributed by atoms with Crippen LogP contribution in [0, 0.1) is 10.1 Å². The number of halogens is 3. The molecule has 2 aromatic carbocycles. The van der Waals surface area contributed by atoms with Crippen LogP contribution in [0.1, 0.15) is 21.5 Å². The Morgan fingerprint density at radius 1 is 1.20 bits per heavy atom. The fourth-order valence-corrected chi connectivity index (χ4v) is 2.18. The molecule has 0 aliphatic heterocycles. The molecule has 0 aromatic heterocycles. The van der Waals surface area contributed by atoms with Crippen molar-refractivity contribution in [1.29, 1.82) is 0 Å². The van der Waals surface area contributed by atoms with Crippen LogP contribution in [0.15, 0.2) is 42.5 Å². The van der Waals surface area contributed by atoms with Crippen LogP contribution in [-0.2, 0) is 12.7 Å². The summed E-state index contributed by atoms with van der Waals surface area (Å²) in [6, 6.07) is 7.55. The lowest BCUT2D eigenvalue weighted by molar-refractivity contribution is -0.385. The highest BCUT2D eigenvalue weighted by atomic mass is 19.4. The van der Waals surface area contributed by atoms with Gasteiger partial charge in [0.15, 0.2) is 5.75 Å². The van der Waals surface area contributed by atoms with Crippen molar-refractivity contribution in [3.05, 3.63) is 69.3 Å². The predicted octanol–water partition coefficient (Wildman–Crippen LogP) is 3.59. The molecule has 0 aliphatic rings. The second-order valence-electron chi connectivity index (χ2n) is 5.32. The van der Waals surface area contributed by atoms with Crippen LogP contribution in [0.2, 0.25) is 0 Å². The highest BCUT2D eigenvalue weighted by Crippen LogP contribution is 2.29. The molecular formula is C16H13F3N2O4. The van der Waals surface area contributed by atoms with Crippen molar-refractivity contribution < 1.29 is 28.0 Å². The maximum absolute atomic E-state index is 12.5. The van der Waals surface area contributed by atoms with Gasteiger partial charge in [-0.2, -0.15) is 13.2 Å². The largest absolute Gasteiger partial charge is 0.502 e. The van der Waals surface area contributed by atoms with Gasteiger partial charge in [-0.25, -0.2) is 0 Å². The van der Waals surface area contributed by atoms with Crippen molar-refractivity contribution in [2.24, 2.45) is 0 Å². The summed E-state index contributed by atoms with van der Waals surface area (Å²) in [4.78, 5) is 23.4. The van der Waals surface area contributed by atoms with Crippen molar-refractivity contribution in [3.8, 4) is 5.75 Å². The lowest BCUT2D eigenvalue weighted by atomic mass is 10.1. The number of carbonyl (C=O) groups is 1. The van der Waals surface area contributed by atoms with Gasteiger partial charge >= 0.3 is 11.9 Å². The molecule has 9 heteroatoms. The molecule has 1 amide bonds. The molecule has 0 radical (unpaired) electrons. The molecule has 0 saturated heterocycles. The smallest absolute Gasteiger partial charge is 0.416 e. The van der Waals surface area contributed by atoms with E-state index in [-0.39, 0.29) is 12.1 Å². The fraction of sp³-hybridized carbons (Fsp3) is 0.188. The molecule has 2 rings (SSSR count). The van der Waals surface area contributed by atoms with Crippen LogP contribution in [0.25, 0.3) is 0 Å². The van der Waals surface area contributed by atoms with Crippen LogP contribution < -0.4 is 0 Å². The number of nitro groups is 1. The Bertz CT molecular complexity index is 804. The number of amides is 1. The molecule has 0 heterocycles. The zero-order valence-electron chi connectivity index (χ0n) is 12.9. The molecule has 0 spiro atoms. The highest BCUT2D eigenvalue weighted by Gasteiger charge is 2.30. The Balaban J connectivity index is 2.12. The number of alkyl halides is 3. The number of aromatic hydroxyl groups is 1. The van der Waals surface area contributed by atoms with Crippen molar-refractivity contribution in [2.45, 2.75) is 12.7 Å². The van der Waals surface area contributed by atoms with Gasteiger partial charge < -0.3 is 10.0 Å². The van der Waals surface area contributed by atoms with Gasteiger partial charge in [0, 0.05) is 25.2 Å². The van der Waals surface area contributed by atoms with E-state index in [2.05, 4.69) is 0 Å². The standard InChI is InChI=1S/C16H13F3N2O4/c1-20(9-10-2-5-12(6-3-10)16(17,18)19)15(23)11-4-7-13(21(24)25)14(22)8-11/h2-8,22H,9H2,1H3. The summed E-state index contributed by atoms with van der Waals surface area (Å²) in [6.45, 7) is 0.0364. The SMILES string of the molecule is CN(Cc1ccc(C(F)(F)F)cc1)C(=O)c1ccc([N+](=O)[O-])c(O)c1. The topological polar surface area (TPSA) is 83.7 Å². The zero-order valence-corrected chi connectivity index (χ0v) is 12.9. The number of hydrogen-bond acceptors (Lipinski definition) is 4. The Morgan fingerprint density at radius 2 is 1.80 bits per heavy atom. The molecule has 2 aromatic rings. The van der Waals surface area contributed by atoms with E-state index in [9.17, 15) is 33.2 Å².